The molecule has 0 bridgehead atoms. The number of nitrogens with zero attached hydrogens (tertiary/aromatic N) is 1. The van der Waals surface area contributed by atoms with E-state index in [4.69, 9.17) is 9.47 Å². The third-order valence-corrected chi connectivity index (χ3v) is 5.84. The fourth-order valence-corrected chi connectivity index (χ4v) is 4.02. The quantitative estimate of drug-likeness (QED) is 0.460. The molecule has 1 aliphatic heterocycles. The first-order valence-electron chi connectivity index (χ1n) is 11.5. The zero-order valence-electron chi connectivity index (χ0n) is 19.6. The van der Waals surface area contributed by atoms with Crippen molar-refractivity contribution in [3.05, 3.63) is 59.8 Å². The van der Waals surface area contributed by atoms with Crippen LogP contribution < -0.4 is 15.4 Å². The zero-order chi connectivity index (χ0) is 23.4. The van der Waals surface area contributed by atoms with Crippen molar-refractivity contribution < 1.29 is 19.4 Å². The van der Waals surface area contributed by atoms with Gasteiger partial charge in [0, 0.05) is 54.6 Å². The molecule has 176 valence electrons. The first-order chi connectivity index (χ1) is 15.8. The Hall–Kier alpha value is -2.87. The van der Waals surface area contributed by atoms with Crippen LogP contribution in [0.1, 0.15) is 42.7 Å². The maximum Gasteiger partial charge on any atom is 0.255 e. The number of hydrogen-bond acceptors (Lipinski definition) is 5. The summed E-state index contributed by atoms with van der Waals surface area (Å²) >= 11 is 0. The van der Waals surface area contributed by atoms with Gasteiger partial charge in [-0.3, -0.25) is 4.79 Å². The van der Waals surface area contributed by atoms with E-state index in [-0.39, 0.29) is 12.0 Å². The number of fused-ring (bicyclic) bond motifs is 1. The highest BCUT2D eigenvalue weighted by Gasteiger charge is 2.16. The Kier molecular flexibility index (Phi) is 7.02. The molecule has 3 N–H and O–H groups in total. The molecule has 1 fully saturated rings. The predicted molar refractivity (Wildman–Crippen MR) is 130 cm³/mol. The number of carbonyl (C=O) groups excluding carboxylic acids is 1. The third kappa shape index (κ3) is 6.13. The van der Waals surface area contributed by atoms with E-state index in [1.165, 1.54) is 0 Å². The lowest BCUT2D eigenvalue weighted by atomic mass is 10.1. The molecule has 0 unspecified atom stereocenters. The molecule has 2 heterocycles. The van der Waals surface area contributed by atoms with Crippen LogP contribution in [0.25, 0.3) is 10.9 Å². The number of anilines is 1. The highest BCUT2D eigenvalue weighted by molar-refractivity contribution is 6.05. The Balaban J connectivity index is 1.37. The molecule has 4 rings (SSSR count). The van der Waals surface area contributed by atoms with Gasteiger partial charge >= 0.3 is 0 Å². The Morgan fingerprint density at radius 1 is 1.21 bits per heavy atom. The summed E-state index contributed by atoms with van der Waals surface area (Å²) in [4.78, 5) is 12.7. The molecule has 0 aliphatic carbocycles. The molecule has 1 aliphatic rings. The topological polar surface area (TPSA) is 84.8 Å². The standard InChI is InChI=1S/C26H33N3O4/c1-26(2,31)17-27-15-21-14-19-13-20(8-11-24(19)29(21)3)28-25(30)18-6-9-22(10-7-18)33-16-23-5-4-12-32-23/h6-11,13-14,23,27,31H,4-5,12,15-17H2,1-3H3,(H,28,30)/t23-/m0/s1. The molecule has 3 aromatic rings. The molecule has 33 heavy (non-hydrogen) atoms. The maximum absolute atomic E-state index is 12.7. The van der Waals surface area contributed by atoms with E-state index in [0.29, 0.717) is 25.3 Å². The smallest absolute Gasteiger partial charge is 0.255 e. The van der Waals surface area contributed by atoms with E-state index in [2.05, 4.69) is 21.3 Å². The van der Waals surface area contributed by atoms with Gasteiger partial charge in [-0.1, -0.05) is 0 Å². The fourth-order valence-electron chi connectivity index (χ4n) is 4.02. The maximum atomic E-state index is 12.7. The van der Waals surface area contributed by atoms with Crippen LogP contribution in [0.15, 0.2) is 48.5 Å². The second-order valence-corrected chi connectivity index (χ2v) is 9.31. The second kappa shape index (κ2) is 9.95. The van der Waals surface area contributed by atoms with Gasteiger partial charge in [-0.2, -0.15) is 0 Å². The van der Waals surface area contributed by atoms with Crippen molar-refractivity contribution in [2.45, 2.75) is 44.9 Å². The summed E-state index contributed by atoms with van der Waals surface area (Å²) in [5.74, 6) is 0.571. The van der Waals surface area contributed by atoms with E-state index in [1.54, 1.807) is 26.0 Å². The lowest BCUT2D eigenvalue weighted by Crippen LogP contribution is -2.34. The third-order valence-electron chi connectivity index (χ3n) is 5.84. The number of amides is 1. The predicted octanol–water partition coefficient (Wildman–Crippen LogP) is 3.85. The number of ether oxygens (including phenoxy) is 2. The van der Waals surface area contributed by atoms with Gasteiger partial charge < -0.3 is 29.8 Å². The number of benzene rings is 2. The molecular weight excluding hydrogens is 418 g/mol. The van der Waals surface area contributed by atoms with Gasteiger partial charge in [0.05, 0.1) is 11.7 Å². The van der Waals surface area contributed by atoms with Crippen LogP contribution in [-0.2, 0) is 18.3 Å². The number of hydrogen-bond donors (Lipinski definition) is 3. The molecule has 1 atom stereocenters. The van der Waals surface area contributed by atoms with E-state index < -0.39 is 5.60 Å². The monoisotopic (exact) mass is 451 g/mol. The molecule has 1 saturated heterocycles. The minimum absolute atomic E-state index is 0.164. The highest BCUT2D eigenvalue weighted by atomic mass is 16.5. The van der Waals surface area contributed by atoms with E-state index in [0.717, 1.165) is 47.5 Å². The van der Waals surface area contributed by atoms with Gasteiger partial charge in [-0.15, -0.1) is 0 Å². The van der Waals surface area contributed by atoms with Crippen LogP contribution in [0.2, 0.25) is 0 Å². The van der Waals surface area contributed by atoms with Crippen LogP contribution in [0.4, 0.5) is 5.69 Å². The van der Waals surface area contributed by atoms with Gasteiger partial charge in [0.2, 0.25) is 0 Å². The van der Waals surface area contributed by atoms with Crippen molar-refractivity contribution in [3.63, 3.8) is 0 Å². The van der Waals surface area contributed by atoms with E-state index in [9.17, 15) is 9.90 Å². The van der Waals surface area contributed by atoms with Crippen LogP contribution in [-0.4, -0.2) is 47.0 Å². The summed E-state index contributed by atoms with van der Waals surface area (Å²) in [6.45, 7) is 6.07. The van der Waals surface area contributed by atoms with Gasteiger partial charge in [0.1, 0.15) is 12.4 Å². The first kappa shape index (κ1) is 23.3. The minimum atomic E-state index is -0.753. The van der Waals surface area contributed by atoms with Crippen LogP contribution in [0.3, 0.4) is 0 Å². The molecular formula is C26H33N3O4. The number of aromatic nitrogens is 1. The molecule has 0 radical (unpaired) electrons. The largest absolute Gasteiger partial charge is 0.491 e. The number of nitrogens with one attached hydrogen (secondary N) is 2. The first-order valence-corrected chi connectivity index (χ1v) is 11.5. The molecule has 1 amide bonds. The Morgan fingerprint density at radius 3 is 2.70 bits per heavy atom. The molecule has 1 aromatic heterocycles. The van der Waals surface area contributed by atoms with Gasteiger partial charge in [0.15, 0.2) is 0 Å². The van der Waals surface area contributed by atoms with E-state index >= 15 is 0 Å². The zero-order valence-corrected chi connectivity index (χ0v) is 19.6. The molecule has 7 heteroatoms. The lowest BCUT2D eigenvalue weighted by Gasteiger charge is -2.17. The van der Waals surface area contributed by atoms with Gasteiger partial charge in [-0.05, 0) is 75.2 Å². The molecule has 0 saturated carbocycles. The van der Waals surface area contributed by atoms with Crippen molar-refractivity contribution in [1.82, 2.24) is 9.88 Å². The Labute approximate surface area is 194 Å². The van der Waals surface area contributed by atoms with Crippen LogP contribution >= 0.6 is 0 Å². The van der Waals surface area contributed by atoms with Crippen molar-refractivity contribution in [3.8, 4) is 5.75 Å². The van der Waals surface area contributed by atoms with Crippen LogP contribution in [0.5, 0.6) is 5.75 Å². The van der Waals surface area contributed by atoms with E-state index in [1.807, 2.05) is 37.4 Å². The molecule has 0 spiro atoms. The number of carbonyl (C=O) groups is 1. The molecule has 7 nitrogen and oxygen atoms in total. The summed E-state index contributed by atoms with van der Waals surface area (Å²) in [5, 5.41) is 17.2. The summed E-state index contributed by atoms with van der Waals surface area (Å²) in [7, 11) is 2.02. The SMILES string of the molecule is Cn1c(CNCC(C)(C)O)cc2cc(NC(=O)c3ccc(OC[C@@H]4CCCO4)cc3)ccc21. The van der Waals surface area contributed by atoms with Crippen molar-refractivity contribution in [2.24, 2.45) is 7.05 Å². The second-order valence-electron chi connectivity index (χ2n) is 9.31. The summed E-state index contributed by atoms with van der Waals surface area (Å²) in [6, 6.07) is 15.2. The van der Waals surface area contributed by atoms with Crippen LogP contribution in [0, 0.1) is 0 Å². The number of rotatable bonds is 9. The highest BCUT2D eigenvalue weighted by Crippen LogP contribution is 2.24. The van der Waals surface area contributed by atoms with Gasteiger partial charge in [-0.25, -0.2) is 0 Å². The van der Waals surface area contributed by atoms with Crippen molar-refractivity contribution in [1.29, 1.82) is 0 Å². The summed E-state index contributed by atoms with van der Waals surface area (Å²) in [5.41, 5.74) is 2.76. The van der Waals surface area contributed by atoms with Crippen molar-refractivity contribution in [2.75, 3.05) is 25.1 Å². The fraction of sp³-hybridized carbons (Fsp3) is 0.423. The average molecular weight is 452 g/mol. The average Bonchev–Trinajstić information content (AvgIpc) is 3.40. The summed E-state index contributed by atoms with van der Waals surface area (Å²) in [6.07, 6.45) is 2.28. The van der Waals surface area contributed by atoms with Crippen molar-refractivity contribution >= 4 is 22.5 Å². The lowest BCUT2D eigenvalue weighted by molar-refractivity contribution is 0.0679. The normalized spacial score (nSPS) is 16.3. The Morgan fingerprint density at radius 2 is 2.00 bits per heavy atom. The van der Waals surface area contributed by atoms with Gasteiger partial charge in [0.25, 0.3) is 5.91 Å². The minimum Gasteiger partial charge on any atom is -0.491 e. The number of aliphatic hydroxyl groups is 1. The number of aryl methyl sites for hydroxylation is 1. The molecule has 2 aromatic carbocycles. The Bertz CT molecular complexity index is 1090. The summed E-state index contributed by atoms with van der Waals surface area (Å²) < 4.78 is 13.5.